The molecule has 0 radical (unpaired) electrons. The SMILES string of the molecule is N[C@@H](CC(=O)N1CCC[C@H]1CNC(=O)c1cccnc1)[C@H]1CCc2cc(F)c(F)cc21. The van der Waals surface area contributed by atoms with E-state index in [-0.39, 0.29) is 30.2 Å². The molecule has 1 aromatic heterocycles. The maximum Gasteiger partial charge on any atom is 0.252 e. The molecule has 4 rings (SSSR count). The molecule has 6 nitrogen and oxygen atoms in total. The third kappa shape index (κ3) is 4.58. The fraction of sp³-hybridized carbons (Fsp3) is 0.435. The fourth-order valence-electron chi connectivity index (χ4n) is 4.72. The Hall–Kier alpha value is -2.87. The molecule has 1 saturated heterocycles. The summed E-state index contributed by atoms with van der Waals surface area (Å²) in [5, 5.41) is 2.88. The van der Waals surface area contributed by atoms with Gasteiger partial charge in [0.25, 0.3) is 5.91 Å². The zero-order chi connectivity index (χ0) is 22.0. The van der Waals surface area contributed by atoms with Crippen LogP contribution < -0.4 is 11.1 Å². The molecule has 0 spiro atoms. The lowest BCUT2D eigenvalue weighted by Crippen LogP contribution is -2.45. The normalized spacial score (nSPS) is 21.1. The van der Waals surface area contributed by atoms with Crippen molar-refractivity contribution in [2.45, 2.75) is 50.1 Å². The number of fused-ring (bicyclic) bond motifs is 1. The molecular formula is C23H26F2N4O2. The van der Waals surface area contributed by atoms with E-state index in [0.717, 1.165) is 18.4 Å². The van der Waals surface area contributed by atoms with Crippen molar-refractivity contribution in [3.05, 3.63) is 65.0 Å². The van der Waals surface area contributed by atoms with Crippen molar-refractivity contribution in [2.24, 2.45) is 5.73 Å². The van der Waals surface area contributed by atoms with Crippen molar-refractivity contribution in [1.29, 1.82) is 0 Å². The minimum Gasteiger partial charge on any atom is -0.350 e. The molecule has 2 amide bonds. The van der Waals surface area contributed by atoms with E-state index in [1.807, 2.05) is 0 Å². The van der Waals surface area contributed by atoms with Crippen LogP contribution in [-0.2, 0) is 11.2 Å². The zero-order valence-corrected chi connectivity index (χ0v) is 17.2. The number of aryl methyl sites for hydroxylation is 1. The Balaban J connectivity index is 1.35. The van der Waals surface area contributed by atoms with Gasteiger partial charge in [-0.05, 0) is 61.1 Å². The van der Waals surface area contributed by atoms with Crippen LogP contribution in [0.1, 0.15) is 53.1 Å². The largest absolute Gasteiger partial charge is 0.350 e. The van der Waals surface area contributed by atoms with Gasteiger partial charge in [-0.2, -0.15) is 0 Å². The molecule has 1 aromatic carbocycles. The summed E-state index contributed by atoms with van der Waals surface area (Å²) in [5.74, 6) is -2.19. The summed E-state index contributed by atoms with van der Waals surface area (Å²) in [7, 11) is 0. The van der Waals surface area contributed by atoms with Gasteiger partial charge in [0.05, 0.1) is 5.56 Å². The van der Waals surface area contributed by atoms with Gasteiger partial charge in [-0.1, -0.05) is 0 Å². The first-order valence-electron chi connectivity index (χ1n) is 10.6. The molecule has 3 atom stereocenters. The number of pyridine rings is 1. The number of nitrogens with two attached hydrogens (primary N) is 1. The van der Waals surface area contributed by atoms with Gasteiger partial charge in [-0.25, -0.2) is 8.78 Å². The van der Waals surface area contributed by atoms with E-state index in [4.69, 9.17) is 5.73 Å². The van der Waals surface area contributed by atoms with Crippen LogP contribution >= 0.6 is 0 Å². The number of carbonyl (C=O) groups is 2. The first-order valence-corrected chi connectivity index (χ1v) is 10.6. The van der Waals surface area contributed by atoms with Crippen LogP contribution in [0, 0.1) is 11.6 Å². The molecule has 0 bridgehead atoms. The zero-order valence-electron chi connectivity index (χ0n) is 17.2. The fourth-order valence-corrected chi connectivity index (χ4v) is 4.72. The van der Waals surface area contributed by atoms with Crippen molar-refractivity contribution in [3.63, 3.8) is 0 Å². The van der Waals surface area contributed by atoms with Crippen molar-refractivity contribution in [1.82, 2.24) is 15.2 Å². The van der Waals surface area contributed by atoms with E-state index >= 15 is 0 Å². The molecule has 2 aliphatic rings. The number of amides is 2. The Bertz CT molecular complexity index is 970. The van der Waals surface area contributed by atoms with Crippen LogP contribution in [0.3, 0.4) is 0 Å². The number of hydrogen-bond acceptors (Lipinski definition) is 4. The van der Waals surface area contributed by atoms with Crippen LogP contribution in [-0.4, -0.2) is 46.9 Å². The number of halogens is 2. The maximum atomic E-state index is 13.7. The average molecular weight is 428 g/mol. The van der Waals surface area contributed by atoms with E-state index in [1.165, 1.54) is 18.3 Å². The number of benzene rings is 1. The van der Waals surface area contributed by atoms with Crippen LogP contribution in [0.5, 0.6) is 0 Å². The topological polar surface area (TPSA) is 88.3 Å². The summed E-state index contributed by atoms with van der Waals surface area (Å²) in [5.41, 5.74) is 8.31. The predicted molar refractivity (Wildman–Crippen MR) is 111 cm³/mol. The Kier molecular flexibility index (Phi) is 6.27. The molecule has 1 fully saturated rings. The summed E-state index contributed by atoms with van der Waals surface area (Å²) in [6.45, 7) is 0.992. The summed E-state index contributed by atoms with van der Waals surface area (Å²) in [4.78, 5) is 30.9. The Morgan fingerprint density at radius 1 is 1.26 bits per heavy atom. The minimum atomic E-state index is -0.881. The van der Waals surface area contributed by atoms with Crippen molar-refractivity contribution < 1.29 is 18.4 Å². The first-order chi connectivity index (χ1) is 14.9. The van der Waals surface area contributed by atoms with E-state index in [1.54, 1.807) is 23.2 Å². The quantitative estimate of drug-likeness (QED) is 0.740. The van der Waals surface area contributed by atoms with Gasteiger partial charge in [-0.15, -0.1) is 0 Å². The second-order valence-corrected chi connectivity index (χ2v) is 8.31. The van der Waals surface area contributed by atoms with E-state index in [2.05, 4.69) is 10.3 Å². The van der Waals surface area contributed by atoms with Crippen molar-refractivity contribution >= 4 is 11.8 Å². The molecular weight excluding hydrogens is 402 g/mol. The molecule has 0 saturated carbocycles. The highest BCUT2D eigenvalue weighted by atomic mass is 19.2. The lowest BCUT2D eigenvalue weighted by Gasteiger charge is -2.28. The monoisotopic (exact) mass is 428 g/mol. The van der Waals surface area contributed by atoms with Gasteiger partial charge in [0.15, 0.2) is 11.6 Å². The molecule has 0 unspecified atom stereocenters. The number of likely N-dealkylation sites (tertiary alicyclic amines) is 1. The molecule has 1 aliphatic carbocycles. The number of hydrogen-bond donors (Lipinski definition) is 2. The minimum absolute atomic E-state index is 0.0679. The molecule has 164 valence electrons. The number of rotatable bonds is 6. The second kappa shape index (κ2) is 9.09. The Labute approximate surface area is 179 Å². The summed E-state index contributed by atoms with van der Waals surface area (Å²) in [6.07, 6.45) is 6.22. The number of nitrogens with zero attached hydrogens (tertiary/aromatic N) is 2. The van der Waals surface area contributed by atoms with Crippen LogP contribution in [0.4, 0.5) is 8.78 Å². The van der Waals surface area contributed by atoms with Gasteiger partial charge in [0.2, 0.25) is 5.91 Å². The summed E-state index contributed by atoms with van der Waals surface area (Å²) >= 11 is 0. The van der Waals surface area contributed by atoms with Gasteiger partial charge < -0.3 is 16.0 Å². The third-order valence-electron chi connectivity index (χ3n) is 6.35. The van der Waals surface area contributed by atoms with Crippen molar-refractivity contribution in [2.75, 3.05) is 13.1 Å². The Morgan fingerprint density at radius 2 is 2.06 bits per heavy atom. The lowest BCUT2D eigenvalue weighted by molar-refractivity contribution is -0.132. The Morgan fingerprint density at radius 3 is 2.84 bits per heavy atom. The number of nitrogens with one attached hydrogen (secondary N) is 1. The molecule has 3 N–H and O–H groups in total. The second-order valence-electron chi connectivity index (χ2n) is 8.31. The summed E-state index contributed by atoms with van der Waals surface area (Å²) in [6, 6.07) is 5.29. The van der Waals surface area contributed by atoms with Gasteiger partial charge in [0.1, 0.15) is 0 Å². The van der Waals surface area contributed by atoms with Crippen molar-refractivity contribution in [3.8, 4) is 0 Å². The standard InChI is InChI=1S/C23H26F2N4O2/c24-19-9-14-5-6-17(18(14)10-20(19)25)21(26)11-22(30)29-8-2-4-16(29)13-28-23(31)15-3-1-7-27-12-15/h1,3,7,9-10,12,16-17,21H,2,4-6,8,11,13,26H2,(H,28,31)/t16-,17-,21-/m0/s1. The molecule has 31 heavy (non-hydrogen) atoms. The van der Waals surface area contributed by atoms with Gasteiger partial charge >= 0.3 is 0 Å². The predicted octanol–water partition coefficient (Wildman–Crippen LogP) is 2.53. The molecule has 8 heteroatoms. The third-order valence-corrected chi connectivity index (χ3v) is 6.35. The molecule has 2 aromatic rings. The van der Waals surface area contributed by atoms with Gasteiger partial charge in [-0.3, -0.25) is 14.6 Å². The number of carbonyl (C=O) groups excluding carboxylic acids is 2. The first kappa shape index (κ1) is 21.4. The van der Waals surface area contributed by atoms with E-state index in [9.17, 15) is 18.4 Å². The smallest absolute Gasteiger partial charge is 0.252 e. The molecule has 1 aliphatic heterocycles. The molecule has 2 heterocycles. The highest BCUT2D eigenvalue weighted by Crippen LogP contribution is 2.37. The highest BCUT2D eigenvalue weighted by Gasteiger charge is 2.34. The highest BCUT2D eigenvalue weighted by molar-refractivity contribution is 5.93. The van der Waals surface area contributed by atoms with Crippen LogP contribution in [0.25, 0.3) is 0 Å². The summed E-state index contributed by atoms with van der Waals surface area (Å²) < 4.78 is 27.2. The van der Waals surface area contributed by atoms with E-state index < -0.39 is 17.7 Å². The lowest BCUT2D eigenvalue weighted by atomic mass is 9.91. The number of aromatic nitrogens is 1. The van der Waals surface area contributed by atoms with Gasteiger partial charge in [0, 0.05) is 49.9 Å². The van der Waals surface area contributed by atoms with E-state index in [0.29, 0.717) is 37.1 Å². The van der Waals surface area contributed by atoms with Crippen LogP contribution in [0.15, 0.2) is 36.7 Å². The average Bonchev–Trinajstić information content (AvgIpc) is 3.40. The maximum absolute atomic E-state index is 13.7. The van der Waals surface area contributed by atoms with Crippen LogP contribution in [0.2, 0.25) is 0 Å².